The van der Waals surface area contributed by atoms with Gasteiger partial charge in [0.25, 0.3) is 10.0 Å². The second-order valence-electron chi connectivity index (χ2n) is 8.71. The van der Waals surface area contributed by atoms with E-state index in [9.17, 15) is 22.4 Å². The van der Waals surface area contributed by atoms with Crippen molar-refractivity contribution >= 4 is 22.0 Å². The molecule has 2 N–H and O–H groups in total. The van der Waals surface area contributed by atoms with Crippen LogP contribution in [-0.2, 0) is 26.1 Å². The van der Waals surface area contributed by atoms with Gasteiger partial charge >= 0.3 is 6.09 Å². The minimum atomic E-state index is -4.47. The molecule has 35 heavy (non-hydrogen) atoms. The van der Waals surface area contributed by atoms with Crippen LogP contribution in [0.4, 0.5) is 9.18 Å². The number of halogens is 1. The standard InChI is InChI=1S/C22H25FN6O5S/c1-14-11-16(20-25-27-29(26-20)12-15-5-8-17(23)9-6-15)7-10-18(14)35(32,33)28(13-19(24)30)21(31)34-22(2,3)4/h5-11H,12-13H2,1-4H3,(H2,24,30). The predicted octanol–water partition coefficient (Wildman–Crippen LogP) is 2.25. The zero-order valence-corrected chi connectivity index (χ0v) is 20.4. The van der Waals surface area contributed by atoms with Crippen LogP contribution < -0.4 is 5.73 Å². The molecule has 1 heterocycles. The molecular formula is C22H25FN6O5S. The summed E-state index contributed by atoms with van der Waals surface area (Å²) in [5, 5.41) is 12.2. The van der Waals surface area contributed by atoms with Gasteiger partial charge in [-0.3, -0.25) is 4.79 Å². The van der Waals surface area contributed by atoms with Gasteiger partial charge in [0, 0.05) is 5.56 Å². The summed E-state index contributed by atoms with van der Waals surface area (Å²) < 4.78 is 45.0. The fourth-order valence-electron chi connectivity index (χ4n) is 3.08. The lowest BCUT2D eigenvalue weighted by Gasteiger charge is -2.26. The van der Waals surface area contributed by atoms with Crippen molar-refractivity contribution in [2.75, 3.05) is 6.54 Å². The first kappa shape index (κ1) is 25.7. The molecule has 0 aliphatic rings. The zero-order valence-electron chi connectivity index (χ0n) is 19.6. The third-order valence-electron chi connectivity index (χ3n) is 4.59. The van der Waals surface area contributed by atoms with Crippen LogP contribution in [0.1, 0.15) is 31.9 Å². The van der Waals surface area contributed by atoms with E-state index in [1.54, 1.807) is 32.9 Å². The minimum absolute atomic E-state index is 0.216. The molecule has 0 saturated carbocycles. The van der Waals surface area contributed by atoms with E-state index in [0.29, 0.717) is 9.87 Å². The van der Waals surface area contributed by atoms with Crippen LogP contribution >= 0.6 is 0 Å². The molecule has 0 bridgehead atoms. The first-order valence-electron chi connectivity index (χ1n) is 10.4. The van der Waals surface area contributed by atoms with Crippen LogP contribution in [-0.4, -0.2) is 57.1 Å². The van der Waals surface area contributed by atoms with Gasteiger partial charge in [-0.25, -0.2) is 17.6 Å². The number of carbonyl (C=O) groups is 2. The number of nitrogens with two attached hydrogens (primary N) is 1. The van der Waals surface area contributed by atoms with Crippen LogP contribution in [0, 0.1) is 12.7 Å². The van der Waals surface area contributed by atoms with Crippen LogP contribution in [0.25, 0.3) is 11.4 Å². The highest BCUT2D eigenvalue weighted by molar-refractivity contribution is 7.89. The van der Waals surface area contributed by atoms with Gasteiger partial charge in [0.15, 0.2) is 0 Å². The number of amides is 2. The van der Waals surface area contributed by atoms with Crippen molar-refractivity contribution in [1.82, 2.24) is 24.5 Å². The van der Waals surface area contributed by atoms with Gasteiger partial charge in [-0.1, -0.05) is 12.1 Å². The molecule has 1 aromatic heterocycles. The van der Waals surface area contributed by atoms with Crippen LogP contribution in [0.2, 0.25) is 0 Å². The summed E-state index contributed by atoms with van der Waals surface area (Å²) in [6.07, 6.45) is -1.22. The van der Waals surface area contributed by atoms with Crippen molar-refractivity contribution in [3.05, 3.63) is 59.4 Å². The Bertz CT molecular complexity index is 1350. The average Bonchev–Trinajstić information content (AvgIpc) is 3.20. The number of aryl methyl sites for hydroxylation is 1. The Kier molecular flexibility index (Phi) is 7.19. The third-order valence-corrected chi connectivity index (χ3v) is 6.46. The fourth-order valence-corrected chi connectivity index (χ4v) is 4.55. The number of hydrogen-bond donors (Lipinski definition) is 1. The average molecular weight is 505 g/mol. The first-order chi connectivity index (χ1) is 16.3. The number of hydrogen-bond acceptors (Lipinski definition) is 8. The largest absolute Gasteiger partial charge is 0.443 e. The Labute approximate surface area is 201 Å². The van der Waals surface area contributed by atoms with Gasteiger partial charge in [0.05, 0.1) is 11.4 Å². The quantitative estimate of drug-likeness (QED) is 0.515. The fraction of sp³-hybridized carbons (Fsp3) is 0.318. The summed E-state index contributed by atoms with van der Waals surface area (Å²) in [7, 11) is -4.47. The topological polar surface area (TPSA) is 150 Å². The Morgan fingerprint density at radius 2 is 1.80 bits per heavy atom. The highest BCUT2D eigenvalue weighted by Crippen LogP contribution is 2.26. The van der Waals surface area contributed by atoms with E-state index < -0.39 is 34.2 Å². The van der Waals surface area contributed by atoms with Crippen molar-refractivity contribution in [3.63, 3.8) is 0 Å². The summed E-state index contributed by atoms with van der Waals surface area (Å²) in [4.78, 5) is 25.1. The Balaban J connectivity index is 1.88. The van der Waals surface area contributed by atoms with Gasteiger partial charge in [-0.15, -0.1) is 10.2 Å². The number of nitrogens with zero attached hydrogens (tertiary/aromatic N) is 5. The van der Waals surface area contributed by atoms with Crippen molar-refractivity contribution in [3.8, 4) is 11.4 Å². The van der Waals surface area contributed by atoms with Gasteiger partial charge in [-0.2, -0.15) is 9.10 Å². The summed E-state index contributed by atoms with van der Waals surface area (Å²) in [6, 6.07) is 10.1. The zero-order chi connectivity index (χ0) is 26.0. The molecular weight excluding hydrogens is 479 g/mol. The van der Waals surface area contributed by atoms with Gasteiger partial charge in [-0.05, 0) is 74.4 Å². The molecule has 0 aliphatic heterocycles. The summed E-state index contributed by atoms with van der Waals surface area (Å²) in [5.41, 5.74) is 5.70. The molecule has 0 unspecified atom stereocenters. The number of benzene rings is 2. The van der Waals surface area contributed by atoms with E-state index in [-0.39, 0.29) is 28.6 Å². The highest BCUT2D eigenvalue weighted by atomic mass is 32.2. The molecule has 0 aliphatic carbocycles. The number of sulfonamides is 1. The van der Waals surface area contributed by atoms with Crippen molar-refractivity contribution in [2.45, 2.75) is 44.7 Å². The van der Waals surface area contributed by atoms with E-state index in [1.807, 2.05) is 0 Å². The molecule has 0 atom stereocenters. The molecule has 3 rings (SSSR count). The SMILES string of the molecule is Cc1cc(-c2nnn(Cc3ccc(F)cc3)n2)ccc1S(=O)(=O)N(CC(N)=O)C(=O)OC(C)(C)C. The summed E-state index contributed by atoms with van der Waals surface area (Å²) in [6.45, 7) is 5.61. The summed E-state index contributed by atoms with van der Waals surface area (Å²) in [5.74, 6) is -1.14. The number of rotatable bonds is 7. The van der Waals surface area contributed by atoms with Crippen molar-refractivity contribution < 1.29 is 27.1 Å². The molecule has 13 heteroatoms. The van der Waals surface area contributed by atoms with E-state index in [0.717, 1.165) is 5.56 Å². The molecule has 3 aromatic rings. The molecule has 0 radical (unpaired) electrons. The highest BCUT2D eigenvalue weighted by Gasteiger charge is 2.35. The Hall–Kier alpha value is -3.87. The van der Waals surface area contributed by atoms with Crippen molar-refractivity contribution in [2.24, 2.45) is 5.73 Å². The van der Waals surface area contributed by atoms with Crippen LogP contribution in [0.15, 0.2) is 47.4 Å². The second-order valence-corrected chi connectivity index (χ2v) is 10.5. The van der Waals surface area contributed by atoms with E-state index in [4.69, 9.17) is 10.5 Å². The molecule has 2 aromatic carbocycles. The second kappa shape index (κ2) is 9.78. The lowest BCUT2D eigenvalue weighted by molar-refractivity contribution is -0.118. The normalized spacial score (nSPS) is 11.8. The molecule has 2 amide bonds. The third kappa shape index (κ3) is 6.38. The number of ether oxygens (including phenoxy) is 1. The van der Waals surface area contributed by atoms with Crippen molar-refractivity contribution in [1.29, 1.82) is 0 Å². The van der Waals surface area contributed by atoms with E-state index >= 15 is 0 Å². The number of carbonyl (C=O) groups excluding carboxylic acids is 2. The minimum Gasteiger partial charge on any atom is -0.443 e. The molecule has 0 saturated heterocycles. The van der Waals surface area contributed by atoms with E-state index in [1.165, 1.54) is 42.1 Å². The number of aromatic nitrogens is 4. The monoisotopic (exact) mass is 504 g/mol. The molecule has 186 valence electrons. The molecule has 11 nitrogen and oxygen atoms in total. The lowest BCUT2D eigenvalue weighted by Crippen LogP contribution is -2.45. The summed E-state index contributed by atoms with van der Waals surface area (Å²) >= 11 is 0. The number of primary amides is 1. The maximum absolute atomic E-state index is 13.2. The lowest BCUT2D eigenvalue weighted by atomic mass is 10.1. The Morgan fingerprint density at radius 3 is 2.37 bits per heavy atom. The maximum Gasteiger partial charge on any atom is 0.424 e. The maximum atomic E-state index is 13.2. The van der Waals surface area contributed by atoms with E-state index in [2.05, 4.69) is 15.4 Å². The Morgan fingerprint density at radius 1 is 1.14 bits per heavy atom. The van der Waals surface area contributed by atoms with Gasteiger partial charge < -0.3 is 10.5 Å². The smallest absolute Gasteiger partial charge is 0.424 e. The van der Waals surface area contributed by atoms with Gasteiger partial charge in [0.1, 0.15) is 18.0 Å². The first-order valence-corrected chi connectivity index (χ1v) is 11.9. The number of tetrazole rings is 1. The predicted molar refractivity (Wildman–Crippen MR) is 123 cm³/mol. The van der Waals surface area contributed by atoms with Crippen LogP contribution in [0.5, 0.6) is 0 Å². The molecule has 0 fully saturated rings. The molecule has 0 spiro atoms. The van der Waals surface area contributed by atoms with Crippen LogP contribution in [0.3, 0.4) is 0 Å². The van der Waals surface area contributed by atoms with Gasteiger partial charge in [0.2, 0.25) is 11.7 Å².